The van der Waals surface area contributed by atoms with Gasteiger partial charge in [-0.15, -0.1) is 0 Å². The zero-order chi connectivity index (χ0) is 13.1. The van der Waals surface area contributed by atoms with Crippen LogP contribution < -0.4 is 4.74 Å². The summed E-state index contributed by atoms with van der Waals surface area (Å²) in [4.78, 5) is 0. The van der Waals surface area contributed by atoms with Crippen LogP contribution in [0.1, 0.15) is 44.9 Å². The van der Waals surface area contributed by atoms with Gasteiger partial charge in [-0.2, -0.15) is 0 Å². The molecular weight excluding hydrogens is 260 g/mol. The monoisotopic (exact) mass is 280 g/mol. The largest absolute Gasteiger partial charge is 0.490 e. The molecule has 1 unspecified atom stereocenters. The van der Waals surface area contributed by atoms with Gasteiger partial charge in [0, 0.05) is 17.9 Å². The van der Waals surface area contributed by atoms with Gasteiger partial charge in [0.15, 0.2) is 0 Å². The van der Waals surface area contributed by atoms with E-state index in [0.29, 0.717) is 0 Å². The molecule has 1 aliphatic carbocycles. The second kappa shape index (κ2) is 5.72. The molecule has 0 N–H and O–H groups in total. The van der Waals surface area contributed by atoms with E-state index < -0.39 is 0 Å². The third-order valence-electron chi connectivity index (χ3n) is 4.33. The van der Waals surface area contributed by atoms with Crippen molar-refractivity contribution in [3.63, 3.8) is 0 Å². The second-order valence-electron chi connectivity index (χ2n) is 5.78. The quantitative estimate of drug-likeness (QED) is 0.788. The Morgan fingerprint density at radius 2 is 1.84 bits per heavy atom. The average molecular weight is 281 g/mol. The summed E-state index contributed by atoms with van der Waals surface area (Å²) in [5.41, 5.74) is 0.105. The molecule has 1 aromatic carbocycles. The van der Waals surface area contributed by atoms with Crippen molar-refractivity contribution >= 4 is 11.6 Å². The highest BCUT2D eigenvalue weighted by atomic mass is 35.5. The predicted octanol–water partition coefficient (Wildman–Crippen LogP) is 4.60. The van der Waals surface area contributed by atoms with Crippen molar-refractivity contribution < 1.29 is 9.47 Å². The molecule has 104 valence electrons. The number of hydrogen-bond acceptors (Lipinski definition) is 2. The average Bonchev–Trinajstić information content (AvgIpc) is 2.42. The van der Waals surface area contributed by atoms with Crippen LogP contribution in [0.5, 0.6) is 5.75 Å². The predicted molar refractivity (Wildman–Crippen MR) is 76.9 cm³/mol. The van der Waals surface area contributed by atoms with Crippen molar-refractivity contribution in [1.29, 1.82) is 0 Å². The van der Waals surface area contributed by atoms with Crippen LogP contribution in [0.3, 0.4) is 0 Å². The maximum Gasteiger partial charge on any atom is 0.119 e. The fourth-order valence-corrected chi connectivity index (χ4v) is 3.46. The van der Waals surface area contributed by atoms with Crippen molar-refractivity contribution in [3.8, 4) is 5.75 Å². The maximum atomic E-state index is 6.10. The Morgan fingerprint density at radius 3 is 2.58 bits per heavy atom. The molecule has 0 amide bonds. The summed E-state index contributed by atoms with van der Waals surface area (Å²) < 4.78 is 12.2. The van der Waals surface area contributed by atoms with Crippen molar-refractivity contribution in [1.82, 2.24) is 0 Å². The Kier molecular flexibility index (Phi) is 3.99. The van der Waals surface area contributed by atoms with Gasteiger partial charge in [0.1, 0.15) is 11.9 Å². The van der Waals surface area contributed by atoms with Crippen LogP contribution in [-0.4, -0.2) is 18.3 Å². The molecule has 1 saturated carbocycles. The highest BCUT2D eigenvalue weighted by molar-refractivity contribution is 6.30. The smallest absolute Gasteiger partial charge is 0.119 e. The SMILES string of the molecule is Clc1ccc(OC2CCOC3(CCCCC3)C2)cc1. The molecule has 0 aromatic heterocycles. The number of benzene rings is 1. The van der Waals surface area contributed by atoms with E-state index in [1.54, 1.807) is 0 Å². The van der Waals surface area contributed by atoms with Crippen molar-refractivity contribution in [3.05, 3.63) is 29.3 Å². The lowest BCUT2D eigenvalue weighted by molar-refractivity contribution is -0.129. The topological polar surface area (TPSA) is 18.5 Å². The van der Waals surface area contributed by atoms with Crippen molar-refractivity contribution in [2.75, 3.05) is 6.61 Å². The molecule has 0 bridgehead atoms. The van der Waals surface area contributed by atoms with E-state index in [1.165, 1.54) is 32.1 Å². The normalized spacial score (nSPS) is 26.3. The van der Waals surface area contributed by atoms with Gasteiger partial charge in [0.2, 0.25) is 0 Å². The lowest BCUT2D eigenvalue weighted by Crippen LogP contribution is -2.45. The first-order chi connectivity index (χ1) is 9.26. The first kappa shape index (κ1) is 13.3. The summed E-state index contributed by atoms with van der Waals surface area (Å²) >= 11 is 5.90. The first-order valence-electron chi connectivity index (χ1n) is 7.32. The number of rotatable bonds is 2. The van der Waals surface area contributed by atoms with E-state index in [0.717, 1.165) is 30.2 Å². The molecule has 1 atom stereocenters. The van der Waals surface area contributed by atoms with Crippen LogP contribution >= 0.6 is 11.6 Å². The molecule has 2 fully saturated rings. The van der Waals surface area contributed by atoms with E-state index in [4.69, 9.17) is 21.1 Å². The van der Waals surface area contributed by atoms with Crippen LogP contribution in [-0.2, 0) is 4.74 Å². The molecule has 2 aliphatic rings. The zero-order valence-electron chi connectivity index (χ0n) is 11.2. The molecule has 1 spiro atoms. The van der Waals surface area contributed by atoms with E-state index in [9.17, 15) is 0 Å². The number of hydrogen-bond donors (Lipinski definition) is 0. The highest BCUT2D eigenvalue weighted by Gasteiger charge is 2.39. The Labute approximate surface area is 120 Å². The first-order valence-corrected chi connectivity index (χ1v) is 7.70. The Hall–Kier alpha value is -0.730. The standard InChI is InChI=1S/C16H21ClO2/c17-13-4-6-14(7-5-13)19-15-8-11-18-16(12-15)9-2-1-3-10-16/h4-7,15H,1-3,8-12H2. The summed E-state index contributed by atoms with van der Waals surface area (Å²) in [6, 6.07) is 7.66. The maximum absolute atomic E-state index is 6.10. The summed E-state index contributed by atoms with van der Waals surface area (Å²) in [6.07, 6.45) is 8.67. The third kappa shape index (κ3) is 3.24. The van der Waals surface area contributed by atoms with Crippen LogP contribution in [0.25, 0.3) is 0 Å². The molecule has 1 heterocycles. The fourth-order valence-electron chi connectivity index (χ4n) is 3.33. The third-order valence-corrected chi connectivity index (χ3v) is 4.58. The van der Waals surface area contributed by atoms with Crippen LogP contribution in [0.2, 0.25) is 5.02 Å². The van der Waals surface area contributed by atoms with Crippen LogP contribution in [0.15, 0.2) is 24.3 Å². The minimum Gasteiger partial charge on any atom is -0.490 e. The zero-order valence-corrected chi connectivity index (χ0v) is 12.0. The molecule has 0 radical (unpaired) electrons. The van der Waals surface area contributed by atoms with E-state index in [1.807, 2.05) is 24.3 Å². The minimum absolute atomic E-state index is 0.105. The molecule has 1 aromatic rings. The van der Waals surface area contributed by atoms with Crippen LogP contribution in [0, 0.1) is 0 Å². The van der Waals surface area contributed by atoms with Gasteiger partial charge >= 0.3 is 0 Å². The van der Waals surface area contributed by atoms with Gasteiger partial charge in [-0.05, 0) is 37.1 Å². The van der Waals surface area contributed by atoms with E-state index in [-0.39, 0.29) is 11.7 Å². The number of ether oxygens (including phenoxy) is 2. The molecule has 1 saturated heterocycles. The molecule has 19 heavy (non-hydrogen) atoms. The molecule has 3 heteroatoms. The van der Waals surface area contributed by atoms with Gasteiger partial charge < -0.3 is 9.47 Å². The summed E-state index contributed by atoms with van der Waals surface area (Å²) in [6.45, 7) is 0.832. The van der Waals surface area contributed by atoms with E-state index >= 15 is 0 Å². The van der Waals surface area contributed by atoms with Gasteiger partial charge in [0.05, 0.1) is 12.2 Å². The Bertz CT molecular complexity index is 404. The molecule has 2 nitrogen and oxygen atoms in total. The summed E-state index contributed by atoms with van der Waals surface area (Å²) in [5.74, 6) is 0.919. The second-order valence-corrected chi connectivity index (χ2v) is 6.22. The van der Waals surface area contributed by atoms with Gasteiger partial charge in [-0.1, -0.05) is 30.9 Å². The summed E-state index contributed by atoms with van der Waals surface area (Å²) in [7, 11) is 0. The van der Waals surface area contributed by atoms with Gasteiger partial charge in [-0.3, -0.25) is 0 Å². The Balaban J connectivity index is 1.63. The fraction of sp³-hybridized carbons (Fsp3) is 0.625. The van der Waals surface area contributed by atoms with Gasteiger partial charge in [0.25, 0.3) is 0 Å². The highest BCUT2D eigenvalue weighted by Crippen LogP contribution is 2.39. The lowest BCUT2D eigenvalue weighted by atomic mass is 9.79. The van der Waals surface area contributed by atoms with Gasteiger partial charge in [-0.25, -0.2) is 0 Å². The molecule has 3 rings (SSSR count). The van der Waals surface area contributed by atoms with E-state index in [2.05, 4.69) is 0 Å². The molecule has 1 aliphatic heterocycles. The molecular formula is C16H21ClO2. The van der Waals surface area contributed by atoms with Crippen molar-refractivity contribution in [2.45, 2.75) is 56.7 Å². The van der Waals surface area contributed by atoms with Crippen molar-refractivity contribution in [2.24, 2.45) is 0 Å². The number of halogens is 1. The summed E-state index contributed by atoms with van der Waals surface area (Å²) in [5, 5.41) is 0.753. The van der Waals surface area contributed by atoms with Crippen LogP contribution in [0.4, 0.5) is 0 Å². The Morgan fingerprint density at radius 1 is 1.11 bits per heavy atom. The lowest BCUT2D eigenvalue weighted by Gasteiger charge is -2.43. The minimum atomic E-state index is 0.105.